The summed E-state index contributed by atoms with van der Waals surface area (Å²) in [5.41, 5.74) is 3.98. The molecule has 0 saturated carbocycles. The number of hydrogen-bond donors (Lipinski definition) is 1. The van der Waals surface area contributed by atoms with Crippen molar-refractivity contribution in [2.24, 2.45) is 0 Å². The van der Waals surface area contributed by atoms with Crippen molar-refractivity contribution < 1.29 is 28.4 Å². The van der Waals surface area contributed by atoms with E-state index in [-0.39, 0.29) is 12.0 Å². The van der Waals surface area contributed by atoms with Crippen molar-refractivity contribution in [1.82, 2.24) is 14.5 Å². The standard InChI is InChI=1S/C33H35ClFN3O5/c1-33(25-8-7-22(34)17-26(25)35)42-29-5-3-4-24(31(29)43-33)20-10-13-37(14-11-20)19-30-36-27-9-6-21(32(39)40-2)16-28(27)38(30)18-23-12-15-41-23/h3-9,16-17,20,23,32,39H,10-15,18-19H2,1-2H3/t23-,32-,33?/m0/s1. The lowest BCUT2D eigenvalue weighted by molar-refractivity contribution is -0.0769. The van der Waals surface area contributed by atoms with Gasteiger partial charge in [0.15, 0.2) is 17.8 Å². The van der Waals surface area contributed by atoms with E-state index < -0.39 is 17.9 Å². The van der Waals surface area contributed by atoms with Crippen molar-refractivity contribution in [3.63, 3.8) is 0 Å². The Labute approximate surface area is 254 Å². The second-order valence-corrected chi connectivity index (χ2v) is 12.2. The lowest BCUT2D eigenvalue weighted by Crippen LogP contribution is -2.35. The Bertz CT molecular complexity index is 1650. The minimum atomic E-state index is -1.27. The molecule has 4 heterocycles. The van der Waals surface area contributed by atoms with E-state index in [1.165, 1.54) is 13.2 Å². The molecule has 1 unspecified atom stereocenters. The van der Waals surface area contributed by atoms with Crippen LogP contribution in [-0.2, 0) is 28.4 Å². The minimum absolute atomic E-state index is 0.173. The number of piperidine rings is 1. The largest absolute Gasteiger partial charge is 0.444 e. The molecule has 7 rings (SSSR count). The topological polar surface area (TPSA) is 78.2 Å². The lowest BCUT2D eigenvalue weighted by atomic mass is 9.88. The van der Waals surface area contributed by atoms with Gasteiger partial charge in [-0.25, -0.2) is 9.37 Å². The number of rotatable bonds is 8. The summed E-state index contributed by atoms with van der Waals surface area (Å²) in [6, 6.07) is 16.3. The van der Waals surface area contributed by atoms with Crippen molar-refractivity contribution >= 4 is 22.6 Å². The molecule has 3 aliphatic heterocycles. The van der Waals surface area contributed by atoms with Gasteiger partial charge in [0.05, 0.1) is 35.8 Å². The molecule has 0 bridgehead atoms. The van der Waals surface area contributed by atoms with Crippen molar-refractivity contribution in [2.45, 2.75) is 63.4 Å². The Kier molecular flexibility index (Phi) is 7.55. The van der Waals surface area contributed by atoms with Crippen LogP contribution in [0.4, 0.5) is 4.39 Å². The molecule has 0 radical (unpaired) electrons. The molecule has 2 fully saturated rings. The summed E-state index contributed by atoms with van der Waals surface area (Å²) >= 11 is 5.98. The van der Waals surface area contributed by atoms with Gasteiger partial charge in [-0.2, -0.15) is 0 Å². The number of aromatic nitrogens is 2. The highest BCUT2D eigenvalue weighted by Crippen LogP contribution is 2.50. The van der Waals surface area contributed by atoms with Crippen LogP contribution < -0.4 is 9.47 Å². The fraction of sp³-hybridized carbons (Fsp3) is 0.424. The van der Waals surface area contributed by atoms with Gasteiger partial charge in [0, 0.05) is 36.8 Å². The van der Waals surface area contributed by atoms with Gasteiger partial charge in [0.25, 0.3) is 5.79 Å². The molecule has 3 atom stereocenters. The van der Waals surface area contributed by atoms with Crippen LogP contribution in [0.3, 0.4) is 0 Å². The van der Waals surface area contributed by atoms with Gasteiger partial charge in [-0.15, -0.1) is 0 Å². The van der Waals surface area contributed by atoms with Crippen LogP contribution in [0.25, 0.3) is 11.0 Å². The van der Waals surface area contributed by atoms with Gasteiger partial charge < -0.3 is 28.6 Å². The van der Waals surface area contributed by atoms with E-state index in [2.05, 4.69) is 15.5 Å². The molecule has 43 heavy (non-hydrogen) atoms. The van der Waals surface area contributed by atoms with Crippen molar-refractivity contribution in [2.75, 3.05) is 26.8 Å². The number of para-hydroxylation sites is 1. The number of hydrogen-bond acceptors (Lipinski definition) is 7. The van der Waals surface area contributed by atoms with E-state index in [1.54, 1.807) is 19.1 Å². The number of aliphatic hydroxyl groups is 1. The van der Waals surface area contributed by atoms with Crippen molar-refractivity contribution in [3.8, 4) is 11.5 Å². The van der Waals surface area contributed by atoms with Crippen LogP contribution in [-0.4, -0.2) is 52.5 Å². The summed E-state index contributed by atoms with van der Waals surface area (Å²) in [6.45, 7) is 5.78. The predicted molar refractivity (Wildman–Crippen MR) is 160 cm³/mol. The highest BCUT2D eigenvalue weighted by molar-refractivity contribution is 6.30. The van der Waals surface area contributed by atoms with E-state index >= 15 is 0 Å². The van der Waals surface area contributed by atoms with E-state index in [1.807, 2.05) is 30.3 Å². The Morgan fingerprint density at radius 3 is 2.65 bits per heavy atom. The molecule has 10 heteroatoms. The monoisotopic (exact) mass is 607 g/mol. The average Bonchev–Trinajstić information content (AvgIpc) is 3.51. The van der Waals surface area contributed by atoms with Crippen molar-refractivity contribution in [3.05, 3.63) is 88.0 Å². The second-order valence-electron chi connectivity index (χ2n) is 11.8. The molecular formula is C33H35ClFN3O5. The average molecular weight is 608 g/mol. The first kappa shape index (κ1) is 28.6. The summed E-state index contributed by atoms with van der Waals surface area (Å²) in [5.74, 6) is 0.865. The third-order valence-electron chi connectivity index (χ3n) is 8.96. The summed E-state index contributed by atoms with van der Waals surface area (Å²) in [7, 11) is 1.49. The molecule has 0 aliphatic carbocycles. The van der Waals surface area contributed by atoms with E-state index in [4.69, 9.17) is 35.5 Å². The normalized spacial score (nSPS) is 23.0. The van der Waals surface area contributed by atoms with Crippen LogP contribution >= 0.6 is 11.6 Å². The molecule has 3 aromatic carbocycles. The second kappa shape index (κ2) is 11.4. The number of imidazole rings is 1. The summed E-state index contributed by atoms with van der Waals surface area (Å²) in [4.78, 5) is 7.43. The fourth-order valence-corrected chi connectivity index (χ4v) is 6.63. The molecule has 8 nitrogen and oxygen atoms in total. The molecular weight excluding hydrogens is 573 g/mol. The Morgan fingerprint density at radius 2 is 1.93 bits per heavy atom. The number of methoxy groups -OCH3 is 1. The van der Waals surface area contributed by atoms with E-state index in [0.29, 0.717) is 27.6 Å². The lowest BCUT2D eigenvalue weighted by Gasteiger charge is -2.33. The zero-order valence-corrected chi connectivity index (χ0v) is 25.0. The predicted octanol–water partition coefficient (Wildman–Crippen LogP) is 6.28. The maximum atomic E-state index is 14.8. The van der Waals surface area contributed by atoms with Gasteiger partial charge in [-0.1, -0.05) is 29.8 Å². The van der Waals surface area contributed by atoms with Gasteiger partial charge in [-0.05, 0) is 74.7 Å². The number of fused-ring (bicyclic) bond motifs is 2. The smallest absolute Gasteiger partial charge is 0.278 e. The first-order valence-corrected chi connectivity index (χ1v) is 15.2. The maximum absolute atomic E-state index is 14.8. The molecule has 2 saturated heterocycles. The molecule has 226 valence electrons. The van der Waals surface area contributed by atoms with Crippen LogP contribution in [0.5, 0.6) is 11.5 Å². The number of halogens is 2. The van der Waals surface area contributed by atoms with Gasteiger partial charge in [-0.3, -0.25) is 4.90 Å². The van der Waals surface area contributed by atoms with Gasteiger partial charge in [0.2, 0.25) is 0 Å². The zero-order valence-electron chi connectivity index (χ0n) is 24.3. The summed E-state index contributed by atoms with van der Waals surface area (Å²) in [6.07, 6.45) is 2.12. The van der Waals surface area contributed by atoms with E-state index in [9.17, 15) is 9.50 Å². The third-order valence-corrected chi connectivity index (χ3v) is 9.20. The summed E-state index contributed by atoms with van der Waals surface area (Å²) < 4.78 is 40.5. The molecule has 4 aromatic rings. The van der Waals surface area contributed by atoms with Crippen LogP contribution in [0.2, 0.25) is 5.02 Å². The SMILES string of the molecule is CO[C@H](O)c1ccc2nc(CN3CCC(c4cccc5c4OC(C)(c4ccc(Cl)cc4F)O5)CC3)n(C[C@@H]3CCO3)c2c1. The third kappa shape index (κ3) is 5.38. The van der Waals surface area contributed by atoms with Crippen molar-refractivity contribution in [1.29, 1.82) is 0 Å². The van der Waals surface area contributed by atoms with Crippen LogP contribution in [0.15, 0.2) is 54.6 Å². The molecule has 3 aliphatic rings. The molecule has 1 aromatic heterocycles. The number of aliphatic hydroxyl groups excluding tert-OH is 1. The Balaban J connectivity index is 1.08. The fourth-order valence-electron chi connectivity index (χ4n) is 6.48. The van der Waals surface area contributed by atoms with Crippen LogP contribution in [0.1, 0.15) is 60.9 Å². The number of nitrogens with zero attached hydrogens (tertiary/aromatic N) is 3. The maximum Gasteiger partial charge on any atom is 0.278 e. The highest BCUT2D eigenvalue weighted by Gasteiger charge is 2.43. The van der Waals surface area contributed by atoms with E-state index in [0.717, 1.165) is 74.5 Å². The number of benzene rings is 3. The van der Waals surface area contributed by atoms with Crippen LogP contribution in [0, 0.1) is 5.82 Å². The summed E-state index contributed by atoms with van der Waals surface area (Å²) in [5, 5.41) is 10.6. The number of likely N-dealkylation sites (tertiary alicyclic amines) is 1. The zero-order chi connectivity index (χ0) is 29.7. The quantitative estimate of drug-likeness (QED) is 0.236. The van der Waals surface area contributed by atoms with Gasteiger partial charge in [0.1, 0.15) is 11.6 Å². The Morgan fingerprint density at radius 1 is 1.12 bits per heavy atom. The molecule has 0 spiro atoms. The first-order chi connectivity index (χ1) is 20.8. The Hall–Kier alpha value is -3.21. The molecule has 0 amide bonds. The highest BCUT2D eigenvalue weighted by atomic mass is 35.5. The number of ether oxygens (including phenoxy) is 4. The van der Waals surface area contributed by atoms with Gasteiger partial charge >= 0.3 is 0 Å². The first-order valence-electron chi connectivity index (χ1n) is 14.8. The minimum Gasteiger partial charge on any atom is -0.444 e. The molecule has 1 N–H and O–H groups in total.